The number of hydrogen-bond acceptors (Lipinski definition) is 3. The normalized spacial score (nSPS) is 18.6. The van der Waals surface area contributed by atoms with Crippen LogP contribution in [-0.2, 0) is 6.18 Å². The van der Waals surface area contributed by atoms with Crippen molar-refractivity contribution in [3.05, 3.63) is 42.0 Å². The Kier molecular flexibility index (Phi) is 5.30. The zero-order valence-corrected chi connectivity index (χ0v) is 12.6. The van der Waals surface area contributed by atoms with Crippen molar-refractivity contribution >= 4 is 5.91 Å². The van der Waals surface area contributed by atoms with Gasteiger partial charge >= 0.3 is 6.18 Å². The molecule has 1 aromatic rings. The molecule has 1 aliphatic heterocycles. The van der Waals surface area contributed by atoms with Gasteiger partial charge in [0.2, 0.25) is 0 Å². The molecular formula is C16H19F3N2O2. The molecule has 1 unspecified atom stereocenters. The minimum atomic E-state index is -4.52. The molecule has 0 aliphatic carbocycles. The van der Waals surface area contributed by atoms with Gasteiger partial charge in [-0.3, -0.25) is 4.79 Å². The van der Waals surface area contributed by atoms with Gasteiger partial charge in [-0.15, -0.1) is 0 Å². The van der Waals surface area contributed by atoms with Gasteiger partial charge in [0.1, 0.15) is 12.4 Å². The number of amides is 1. The third-order valence-corrected chi connectivity index (χ3v) is 3.64. The third kappa shape index (κ3) is 4.25. The predicted molar refractivity (Wildman–Crippen MR) is 80.2 cm³/mol. The smallest absolute Gasteiger partial charge is 0.416 e. The molecule has 0 spiro atoms. The van der Waals surface area contributed by atoms with Crippen LogP contribution in [0.15, 0.2) is 30.9 Å². The summed E-state index contributed by atoms with van der Waals surface area (Å²) in [7, 11) is 0. The second-order valence-corrected chi connectivity index (χ2v) is 5.46. The van der Waals surface area contributed by atoms with Gasteiger partial charge in [0.25, 0.3) is 5.91 Å². The zero-order chi connectivity index (χ0) is 17.0. The van der Waals surface area contributed by atoms with Crippen LogP contribution in [0.1, 0.15) is 28.8 Å². The number of nitrogens with zero attached hydrogens (tertiary/aromatic N) is 1. The van der Waals surface area contributed by atoms with Crippen LogP contribution in [0.3, 0.4) is 0 Å². The van der Waals surface area contributed by atoms with Crippen molar-refractivity contribution in [2.45, 2.75) is 25.1 Å². The summed E-state index contributed by atoms with van der Waals surface area (Å²) in [5, 5.41) is 0. The Morgan fingerprint density at radius 2 is 2.22 bits per heavy atom. The summed E-state index contributed by atoms with van der Waals surface area (Å²) in [5.41, 5.74) is 4.86. The summed E-state index contributed by atoms with van der Waals surface area (Å²) in [6.07, 6.45) is -1.53. The van der Waals surface area contributed by atoms with Crippen LogP contribution in [-0.4, -0.2) is 36.5 Å². The van der Waals surface area contributed by atoms with Gasteiger partial charge in [0.05, 0.1) is 11.1 Å². The minimum Gasteiger partial charge on any atom is -0.489 e. The number of carbonyl (C=O) groups excluding carboxylic acids is 1. The number of piperidine rings is 1. The molecule has 1 heterocycles. The molecule has 7 heteroatoms. The standard InChI is InChI=1S/C16H19F3N2O2/c1-2-8-23-14-6-5-11(16(17,18)19)9-13(14)15(22)21-7-3-4-12(20)10-21/h2,5-6,9,12H,1,3-4,7-8,10,20H2. The molecular weight excluding hydrogens is 309 g/mol. The van der Waals surface area contributed by atoms with E-state index in [1.807, 2.05) is 0 Å². The highest BCUT2D eigenvalue weighted by Gasteiger charge is 2.33. The van der Waals surface area contributed by atoms with Crippen molar-refractivity contribution in [1.29, 1.82) is 0 Å². The quantitative estimate of drug-likeness (QED) is 0.865. The second kappa shape index (κ2) is 7.04. The fourth-order valence-electron chi connectivity index (χ4n) is 2.51. The van der Waals surface area contributed by atoms with Crippen molar-refractivity contribution in [2.75, 3.05) is 19.7 Å². The Hall–Kier alpha value is -2.02. The fraction of sp³-hybridized carbons (Fsp3) is 0.438. The molecule has 0 radical (unpaired) electrons. The summed E-state index contributed by atoms with van der Waals surface area (Å²) >= 11 is 0. The van der Waals surface area contributed by atoms with Crippen molar-refractivity contribution < 1.29 is 22.7 Å². The lowest BCUT2D eigenvalue weighted by molar-refractivity contribution is -0.137. The van der Waals surface area contributed by atoms with E-state index in [-0.39, 0.29) is 24.0 Å². The van der Waals surface area contributed by atoms with Crippen LogP contribution in [0.5, 0.6) is 5.75 Å². The molecule has 1 aliphatic rings. The Morgan fingerprint density at radius 1 is 1.48 bits per heavy atom. The maximum absolute atomic E-state index is 12.9. The first kappa shape index (κ1) is 17.3. The molecule has 1 amide bonds. The monoisotopic (exact) mass is 328 g/mol. The largest absolute Gasteiger partial charge is 0.489 e. The van der Waals surface area contributed by atoms with Crippen LogP contribution in [0.2, 0.25) is 0 Å². The fourth-order valence-corrected chi connectivity index (χ4v) is 2.51. The average molecular weight is 328 g/mol. The van der Waals surface area contributed by atoms with Gasteiger partial charge in [-0.1, -0.05) is 12.7 Å². The van der Waals surface area contributed by atoms with Crippen LogP contribution in [0, 0.1) is 0 Å². The number of likely N-dealkylation sites (tertiary alicyclic amines) is 1. The SMILES string of the molecule is C=CCOc1ccc(C(F)(F)F)cc1C(=O)N1CCCC(N)C1. The molecule has 1 fully saturated rings. The lowest BCUT2D eigenvalue weighted by Gasteiger charge is -2.31. The highest BCUT2D eigenvalue weighted by atomic mass is 19.4. The lowest BCUT2D eigenvalue weighted by Crippen LogP contribution is -2.45. The van der Waals surface area contributed by atoms with Crippen molar-refractivity contribution in [3.63, 3.8) is 0 Å². The van der Waals surface area contributed by atoms with E-state index in [9.17, 15) is 18.0 Å². The van der Waals surface area contributed by atoms with Gasteiger partial charge < -0.3 is 15.4 Å². The number of ether oxygens (including phenoxy) is 1. The van der Waals surface area contributed by atoms with Crippen molar-refractivity contribution in [3.8, 4) is 5.75 Å². The highest BCUT2D eigenvalue weighted by molar-refractivity contribution is 5.97. The van der Waals surface area contributed by atoms with Crippen LogP contribution >= 0.6 is 0 Å². The third-order valence-electron chi connectivity index (χ3n) is 3.64. The van der Waals surface area contributed by atoms with Crippen molar-refractivity contribution in [2.24, 2.45) is 5.73 Å². The number of hydrogen-bond donors (Lipinski definition) is 1. The summed E-state index contributed by atoms with van der Waals surface area (Å²) in [6.45, 7) is 4.40. The molecule has 0 aromatic heterocycles. The number of nitrogens with two attached hydrogens (primary N) is 1. The van der Waals surface area contributed by atoms with E-state index >= 15 is 0 Å². The van der Waals surface area contributed by atoms with E-state index in [4.69, 9.17) is 10.5 Å². The lowest BCUT2D eigenvalue weighted by atomic mass is 10.0. The number of benzene rings is 1. The molecule has 126 valence electrons. The van der Waals surface area contributed by atoms with E-state index in [1.54, 1.807) is 0 Å². The summed E-state index contributed by atoms with van der Waals surface area (Å²) in [6, 6.07) is 2.75. The van der Waals surface area contributed by atoms with Crippen molar-refractivity contribution in [1.82, 2.24) is 4.90 Å². The molecule has 23 heavy (non-hydrogen) atoms. The number of rotatable bonds is 4. The first-order valence-electron chi connectivity index (χ1n) is 7.32. The number of alkyl halides is 3. The zero-order valence-electron chi connectivity index (χ0n) is 12.6. The van der Waals surface area contributed by atoms with Gasteiger partial charge in [0.15, 0.2) is 0 Å². The summed E-state index contributed by atoms with van der Waals surface area (Å²) in [5.74, 6) is -0.382. The summed E-state index contributed by atoms with van der Waals surface area (Å²) < 4.78 is 44.1. The van der Waals surface area contributed by atoms with Crippen LogP contribution in [0.25, 0.3) is 0 Å². The Labute approximate surface area is 132 Å². The van der Waals surface area contributed by atoms with Crippen LogP contribution < -0.4 is 10.5 Å². The maximum atomic E-state index is 12.9. The molecule has 0 saturated carbocycles. The molecule has 1 saturated heterocycles. The predicted octanol–water partition coefficient (Wildman–Crippen LogP) is 2.83. The van der Waals surface area contributed by atoms with E-state index in [1.165, 1.54) is 17.0 Å². The molecule has 0 bridgehead atoms. The molecule has 4 nitrogen and oxygen atoms in total. The highest BCUT2D eigenvalue weighted by Crippen LogP contribution is 2.33. The Balaban J connectivity index is 2.35. The van der Waals surface area contributed by atoms with Gasteiger partial charge in [-0.25, -0.2) is 0 Å². The van der Waals surface area contributed by atoms with E-state index < -0.39 is 17.6 Å². The minimum absolute atomic E-state index is 0.101. The first-order valence-corrected chi connectivity index (χ1v) is 7.32. The molecule has 2 N–H and O–H groups in total. The van der Waals surface area contributed by atoms with E-state index in [2.05, 4.69) is 6.58 Å². The van der Waals surface area contributed by atoms with Gasteiger partial charge in [0, 0.05) is 19.1 Å². The molecule has 1 atom stereocenters. The Morgan fingerprint density at radius 3 is 2.83 bits per heavy atom. The molecule has 2 rings (SSSR count). The topological polar surface area (TPSA) is 55.6 Å². The van der Waals surface area contributed by atoms with Crippen LogP contribution in [0.4, 0.5) is 13.2 Å². The van der Waals surface area contributed by atoms with Gasteiger partial charge in [-0.2, -0.15) is 13.2 Å². The number of carbonyl (C=O) groups is 1. The number of halogens is 3. The maximum Gasteiger partial charge on any atom is 0.416 e. The summed E-state index contributed by atoms with van der Waals surface area (Å²) in [4.78, 5) is 14.1. The second-order valence-electron chi connectivity index (χ2n) is 5.46. The average Bonchev–Trinajstić information content (AvgIpc) is 2.51. The van der Waals surface area contributed by atoms with E-state index in [0.29, 0.717) is 13.1 Å². The molecule has 1 aromatic carbocycles. The Bertz CT molecular complexity index is 587. The first-order chi connectivity index (χ1) is 10.8. The van der Waals surface area contributed by atoms with Gasteiger partial charge in [-0.05, 0) is 31.0 Å². The van der Waals surface area contributed by atoms with E-state index in [0.717, 1.165) is 25.0 Å².